The van der Waals surface area contributed by atoms with E-state index in [1.807, 2.05) is 17.9 Å². The third kappa shape index (κ3) is 5.23. The molecule has 28 heavy (non-hydrogen) atoms. The Labute approximate surface area is 167 Å². The molecule has 0 aliphatic carbocycles. The molecule has 0 aromatic heterocycles. The molecule has 1 atom stereocenters. The Balaban J connectivity index is 1.60. The highest BCUT2D eigenvalue weighted by Crippen LogP contribution is 2.23. The number of likely N-dealkylation sites (N-methyl/N-ethyl adjacent to an activating group) is 1. The van der Waals surface area contributed by atoms with Crippen LogP contribution in [0.2, 0.25) is 0 Å². The number of anilines is 1. The van der Waals surface area contributed by atoms with Crippen LogP contribution >= 0.6 is 0 Å². The molecule has 0 radical (unpaired) electrons. The second-order valence-electron chi connectivity index (χ2n) is 8.10. The van der Waals surface area contributed by atoms with Gasteiger partial charge in [0, 0.05) is 56.6 Å². The maximum Gasteiger partial charge on any atom is 0.322 e. The number of nitrogens with one attached hydrogen (secondary N) is 1. The van der Waals surface area contributed by atoms with Gasteiger partial charge in [0.2, 0.25) is 5.91 Å². The first-order valence-corrected chi connectivity index (χ1v) is 10.3. The van der Waals surface area contributed by atoms with Gasteiger partial charge >= 0.3 is 6.03 Å². The zero-order chi connectivity index (χ0) is 20.1. The molecule has 1 aromatic carbocycles. The Bertz CT molecular complexity index is 700. The largest absolute Gasteiger partial charge is 0.366 e. The lowest BCUT2D eigenvalue weighted by Crippen LogP contribution is -2.49. The van der Waals surface area contributed by atoms with E-state index in [9.17, 15) is 9.59 Å². The fraction of sp³-hybridized carbons (Fsp3) is 0.619. The summed E-state index contributed by atoms with van der Waals surface area (Å²) in [6, 6.07) is 5.36. The van der Waals surface area contributed by atoms with Crippen molar-refractivity contribution in [2.24, 2.45) is 5.73 Å². The van der Waals surface area contributed by atoms with Crippen LogP contribution in [-0.2, 0) is 0 Å². The van der Waals surface area contributed by atoms with Crippen LogP contribution in [0.5, 0.6) is 0 Å². The number of likely N-dealkylation sites (tertiary alicyclic amines) is 1. The minimum atomic E-state index is -0.487. The molecule has 0 saturated carbocycles. The molecule has 7 heteroatoms. The Hall–Kier alpha value is -2.12. The molecule has 0 bridgehead atoms. The van der Waals surface area contributed by atoms with Crippen LogP contribution in [-0.4, -0.2) is 79.0 Å². The third-order valence-electron chi connectivity index (χ3n) is 6.03. The fourth-order valence-corrected chi connectivity index (χ4v) is 4.07. The van der Waals surface area contributed by atoms with E-state index in [1.54, 1.807) is 12.1 Å². The number of hydrogen-bond acceptors (Lipinski definition) is 4. The number of piperidine rings is 1. The number of nitrogens with two attached hydrogens (primary N) is 1. The number of aryl methyl sites for hydroxylation is 1. The van der Waals surface area contributed by atoms with Gasteiger partial charge in [0.05, 0.1) is 0 Å². The monoisotopic (exact) mass is 387 g/mol. The molecule has 3 amide bonds. The molecular weight excluding hydrogens is 354 g/mol. The first-order chi connectivity index (χ1) is 13.4. The summed E-state index contributed by atoms with van der Waals surface area (Å²) >= 11 is 0. The van der Waals surface area contributed by atoms with E-state index in [2.05, 4.69) is 22.2 Å². The van der Waals surface area contributed by atoms with Crippen LogP contribution in [0.4, 0.5) is 10.5 Å². The molecule has 154 valence electrons. The number of benzene rings is 1. The van der Waals surface area contributed by atoms with Gasteiger partial charge < -0.3 is 25.8 Å². The van der Waals surface area contributed by atoms with E-state index in [-0.39, 0.29) is 12.1 Å². The normalized spacial score (nSPS) is 21.5. The first kappa shape index (κ1) is 20.6. The van der Waals surface area contributed by atoms with Crippen LogP contribution in [0.25, 0.3) is 0 Å². The number of primary amides is 1. The lowest BCUT2D eigenvalue weighted by Gasteiger charge is -2.38. The number of piperazine rings is 1. The van der Waals surface area contributed by atoms with Gasteiger partial charge in [-0.25, -0.2) is 4.79 Å². The van der Waals surface area contributed by atoms with Gasteiger partial charge in [-0.15, -0.1) is 0 Å². The van der Waals surface area contributed by atoms with Crippen molar-refractivity contribution in [2.75, 3.05) is 51.6 Å². The van der Waals surface area contributed by atoms with Crippen molar-refractivity contribution in [1.82, 2.24) is 14.7 Å². The van der Waals surface area contributed by atoms with Crippen LogP contribution in [0.15, 0.2) is 18.2 Å². The second kappa shape index (κ2) is 9.39. The Kier molecular flexibility index (Phi) is 6.91. The topological polar surface area (TPSA) is 81.9 Å². The highest BCUT2D eigenvalue weighted by Gasteiger charge is 2.27. The molecule has 3 N–H and O–H groups in total. The van der Waals surface area contributed by atoms with Crippen molar-refractivity contribution in [1.29, 1.82) is 0 Å². The lowest BCUT2D eigenvalue weighted by molar-refractivity contribution is 0.1000. The van der Waals surface area contributed by atoms with E-state index in [4.69, 9.17) is 5.73 Å². The molecule has 2 aliphatic heterocycles. The van der Waals surface area contributed by atoms with Gasteiger partial charge in [0.1, 0.15) is 0 Å². The smallest absolute Gasteiger partial charge is 0.322 e. The number of rotatable bonds is 5. The van der Waals surface area contributed by atoms with Crippen LogP contribution in [0.3, 0.4) is 0 Å². The SMILES string of the molecule is Cc1ccc(C(N)=O)cc1NC(=O)N1CCCC[C@H]1CCN1CCN(C)CC1. The van der Waals surface area contributed by atoms with Crippen molar-refractivity contribution in [3.8, 4) is 0 Å². The molecule has 1 aromatic rings. The van der Waals surface area contributed by atoms with Crippen molar-refractivity contribution >= 4 is 17.6 Å². The third-order valence-corrected chi connectivity index (χ3v) is 6.03. The number of nitrogens with zero attached hydrogens (tertiary/aromatic N) is 3. The quantitative estimate of drug-likeness (QED) is 0.811. The van der Waals surface area contributed by atoms with Crippen molar-refractivity contribution in [3.05, 3.63) is 29.3 Å². The van der Waals surface area contributed by atoms with Gasteiger partial charge in [0.25, 0.3) is 0 Å². The summed E-state index contributed by atoms with van der Waals surface area (Å²) in [4.78, 5) is 31.3. The van der Waals surface area contributed by atoms with Gasteiger partial charge in [-0.1, -0.05) is 6.07 Å². The number of urea groups is 1. The van der Waals surface area contributed by atoms with Crippen molar-refractivity contribution in [3.63, 3.8) is 0 Å². The number of carbonyl (C=O) groups is 2. The summed E-state index contributed by atoms with van der Waals surface area (Å²) in [5.74, 6) is -0.487. The maximum atomic E-state index is 13.0. The van der Waals surface area contributed by atoms with E-state index in [0.717, 1.165) is 64.1 Å². The summed E-state index contributed by atoms with van der Waals surface area (Å²) in [7, 11) is 2.17. The van der Waals surface area contributed by atoms with Gasteiger partial charge in [-0.2, -0.15) is 0 Å². The van der Waals surface area contributed by atoms with E-state index in [0.29, 0.717) is 11.3 Å². The average molecular weight is 388 g/mol. The molecule has 2 aliphatic rings. The predicted octanol–water partition coefficient (Wildman–Crippen LogP) is 2.12. The molecule has 2 heterocycles. The fourth-order valence-electron chi connectivity index (χ4n) is 4.07. The van der Waals surface area contributed by atoms with Gasteiger partial charge in [-0.3, -0.25) is 4.79 Å². The minimum absolute atomic E-state index is 0.0761. The standard InChI is InChI=1S/C21H33N5O2/c1-16-6-7-17(20(22)27)15-19(16)23-21(28)26-9-4-3-5-18(26)8-10-25-13-11-24(2)12-14-25/h6-7,15,18H,3-5,8-14H2,1-2H3,(H2,22,27)(H,23,28)/t18-/m0/s1. The molecule has 2 saturated heterocycles. The lowest BCUT2D eigenvalue weighted by atomic mass is 9.99. The summed E-state index contributed by atoms with van der Waals surface area (Å²) in [6.45, 7) is 8.19. The number of hydrogen-bond donors (Lipinski definition) is 2. The van der Waals surface area contributed by atoms with Crippen LogP contribution in [0, 0.1) is 6.92 Å². The minimum Gasteiger partial charge on any atom is -0.366 e. The molecule has 0 unspecified atom stereocenters. The Morgan fingerprint density at radius 3 is 2.61 bits per heavy atom. The number of amides is 3. The summed E-state index contributed by atoms with van der Waals surface area (Å²) in [6.07, 6.45) is 4.28. The first-order valence-electron chi connectivity index (χ1n) is 10.3. The van der Waals surface area contributed by atoms with Gasteiger partial charge in [0.15, 0.2) is 0 Å². The van der Waals surface area contributed by atoms with E-state index in [1.165, 1.54) is 6.42 Å². The highest BCUT2D eigenvalue weighted by molar-refractivity contribution is 5.96. The Morgan fingerprint density at radius 2 is 1.89 bits per heavy atom. The van der Waals surface area contributed by atoms with E-state index < -0.39 is 5.91 Å². The molecule has 7 nitrogen and oxygen atoms in total. The molecule has 0 spiro atoms. The zero-order valence-corrected chi connectivity index (χ0v) is 17.1. The molecule has 2 fully saturated rings. The average Bonchev–Trinajstić information content (AvgIpc) is 2.69. The maximum absolute atomic E-state index is 13.0. The van der Waals surface area contributed by atoms with Crippen LogP contribution < -0.4 is 11.1 Å². The zero-order valence-electron chi connectivity index (χ0n) is 17.1. The highest BCUT2D eigenvalue weighted by atomic mass is 16.2. The summed E-state index contributed by atoms with van der Waals surface area (Å²) in [5.41, 5.74) is 7.36. The Morgan fingerprint density at radius 1 is 1.14 bits per heavy atom. The predicted molar refractivity (Wildman–Crippen MR) is 112 cm³/mol. The van der Waals surface area contributed by atoms with Crippen molar-refractivity contribution in [2.45, 2.75) is 38.6 Å². The molecule has 3 rings (SSSR count). The van der Waals surface area contributed by atoms with Gasteiger partial charge in [-0.05, 0) is 57.4 Å². The van der Waals surface area contributed by atoms with Crippen molar-refractivity contribution < 1.29 is 9.59 Å². The molecular formula is C21H33N5O2. The van der Waals surface area contributed by atoms with E-state index >= 15 is 0 Å². The number of carbonyl (C=O) groups excluding carboxylic acids is 2. The second-order valence-corrected chi connectivity index (χ2v) is 8.10. The summed E-state index contributed by atoms with van der Waals surface area (Å²) in [5, 5.41) is 3.01. The van der Waals surface area contributed by atoms with Crippen LogP contribution in [0.1, 0.15) is 41.6 Å². The summed E-state index contributed by atoms with van der Waals surface area (Å²) < 4.78 is 0.